The maximum atomic E-state index is 13.7. The molecule has 0 aliphatic heterocycles. The maximum Gasteiger partial charge on any atom is 0.332 e. The van der Waals surface area contributed by atoms with E-state index in [9.17, 15) is 14.0 Å². The van der Waals surface area contributed by atoms with E-state index in [0.29, 0.717) is 5.69 Å². The van der Waals surface area contributed by atoms with Crippen molar-refractivity contribution in [3.63, 3.8) is 0 Å². The zero-order chi connectivity index (χ0) is 17.7. The molecule has 0 heterocycles. The summed E-state index contributed by atoms with van der Waals surface area (Å²) in [4.78, 5) is 23.3. The standard InChI is InChI=1S/C18H19FN2O3/c1-11-6-4-5-7-14(11)17(18(23)24-3)21-13-8-9-15(19)16(10-13)20-12(2)22/h4-10,17,21H,1-3H3,(H,20,22)/t17-/m0/s1. The zero-order valence-corrected chi connectivity index (χ0v) is 13.7. The summed E-state index contributed by atoms with van der Waals surface area (Å²) in [7, 11) is 1.31. The summed E-state index contributed by atoms with van der Waals surface area (Å²) in [5.74, 6) is -1.40. The Morgan fingerprint density at radius 3 is 2.50 bits per heavy atom. The normalized spacial score (nSPS) is 11.5. The molecule has 0 aliphatic rings. The maximum absolute atomic E-state index is 13.7. The summed E-state index contributed by atoms with van der Waals surface area (Å²) < 4.78 is 18.6. The fourth-order valence-corrected chi connectivity index (χ4v) is 2.36. The Kier molecular flexibility index (Phi) is 5.52. The van der Waals surface area contributed by atoms with Gasteiger partial charge in [0.1, 0.15) is 5.82 Å². The number of benzene rings is 2. The van der Waals surface area contributed by atoms with Crippen molar-refractivity contribution >= 4 is 23.3 Å². The number of aryl methyl sites for hydroxylation is 1. The lowest BCUT2D eigenvalue weighted by Gasteiger charge is -2.20. The Morgan fingerprint density at radius 2 is 1.88 bits per heavy atom. The highest BCUT2D eigenvalue weighted by Gasteiger charge is 2.23. The van der Waals surface area contributed by atoms with Gasteiger partial charge in [-0.1, -0.05) is 24.3 Å². The second-order valence-corrected chi connectivity index (χ2v) is 5.33. The lowest BCUT2D eigenvalue weighted by molar-refractivity contribution is -0.141. The predicted molar refractivity (Wildman–Crippen MR) is 90.3 cm³/mol. The van der Waals surface area contributed by atoms with E-state index in [2.05, 4.69) is 10.6 Å². The van der Waals surface area contributed by atoms with Crippen molar-refractivity contribution in [3.05, 3.63) is 59.4 Å². The Morgan fingerprint density at radius 1 is 1.17 bits per heavy atom. The van der Waals surface area contributed by atoms with Crippen LogP contribution < -0.4 is 10.6 Å². The van der Waals surface area contributed by atoms with Crippen LogP contribution >= 0.6 is 0 Å². The quantitative estimate of drug-likeness (QED) is 0.824. The third-order valence-corrected chi connectivity index (χ3v) is 3.52. The first-order valence-corrected chi connectivity index (χ1v) is 7.39. The number of halogens is 1. The molecule has 0 saturated carbocycles. The van der Waals surface area contributed by atoms with Crippen molar-refractivity contribution in [2.45, 2.75) is 19.9 Å². The van der Waals surface area contributed by atoms with Gasteiger partial charge in [0.05, 0.1) is 12.8 Å². The van der Waals surface area contributed by atoms with Crippen molar-refractivity contribution < 1.29 is 18.7 Å². The van der Waals surface area contributed by atoms with Gasteiger partial charge in [0.2, 0.25) is 5.91 Å². The van der Waals surface area contributed by atoms with E-state index in [-0.39, 0.29) is 11.6 Å². The van der Waals surface area contributed by atoms with E-state index < -0.39 is 17.8 Å². The Labute approximate surface area is 139 Å². The molecule has 0 aromatic heterocycles. The van der Waals surface area contributed by atoms with E-state index in [0.717, 1.165) is 11.1 Å². The number of anilines is 2. The van der Waals surface area contributed by atoms with Crippen LogP contribution in [0.15, 0.2) is 42.5 Å². The fourth-order valence-electron chi connectivity index (χ4n) is 2.36. The molecular weight excluding hydrogens is 311 g/mol. The summed E-state index contributed by atoms with van der Waals surface area (Å²) in [6.45, 7) is 3.18. The van der Waals surface area contributed by atoms with Gasteiger partial charge in [0.15, 0.2) is 6.04 Å². The fraction of sp³-hybridized carbons (Fsp3) is 0.222. The Hall–Kier alpha value is -2.89. The van der Waals surface area contributed by atoms with E-state index >= 15 is 0 Å². The number of nitrogens with one attached hydrogen (secondary N) is 2. The van der Waals surface area contributed by atoms with Crippen LogP contribution in [0.1, 0.15) is 24.1 Å². The van der Waals surface area contributed by atoms with Crippen LogP contribution in [0.3, 0.4) is 0 Å². The summed E-state index contributed by atoms with van der Waals surface area (Å²) in [5, 5.41) is 5.45. The molecule has 5 nitrogen and oxygen atoms in total. The zero-order valence-electron chi connectivity index (χ0n) is 13.7. The summed E-state index contributed by atoms with van der Waals surface area (Å²) in [6.07, 6.45) is 0. The Balaban J connectivity index is 2.35. The monoisotopic (exact) mass is 330 g/mol. The van der Waals surface area contributed by atoms with Crippen molar-refractivity contribution in [1.82, 2.24) is 0 Å². The number of carbonyl (C=O) groups is 2. The highest BCUT2D eigenvalue weighted by atomic mass is 19.1. The van der Waals surface area contributed by atoms with Gasteiger partial charge >= 0.3 is 5.97 Å². The molecule has 0 unspecified atom stereocenters. The van der Waals surface area contributed by atoms with Gasteiger partial charge in [-0.2, -0.15) is 0 Å². The molecule has 0 aliphatic carbocycles. The first kappa shape index (κ1) is 17.5. The van der Waals surface area contributed by atoms with Gasteiger partial charge in [-0.05, 0) is 36.2 Å². The minimum absolute atomic E-state index is 0.0425. The second-order valence-electron chi connectivity index (χ2n) is 5.33. The van der Waals surface area contributed by atoms with Crippen LogP contribution in [-0.2, 0) is 14.3 Å². The summed E-state index contributed by atoms with van der Waals surface area (Å²) in [5.41, 5.74) is 2.21. The average Bonchev–Trinajstić information content (AvgIpc) is 2.55. The molecule has 0 fully saturated rings. The molecule has 1 amide bonds. The van der Waals surface area contributed by atoms with E-state index in [1.165, 1.54) is 32.2 Å². The molecule has 6 heteroatoms. The molecule has 0 radical (unpaired) electrons. The number of methoxy groups -OCH3 is 1. The van der Waals surface area contributed by atoms with Crippen LogP contribution in [-0.4, -0.2) is 19.0 Å². The van der Waals surface area contributed by atoms with E-state index in [1.54, 1.807) is 0 Å². The predicted octanol–water partition coefficient (Wildman–Crippen LogP) is 3.42. The highest BCUT2D eigenvalue weighted by molar-refractivity contribution is 5.89. The molecule has 126 valence electrons. The molecule has 0 spiro atoms. The van der Waals surface area contributed by atoms with Crippen molar-refractivity contribution in [2.75, 3.05) is 17.7 Å². The van der Waals surface area contributed by atoms with Gasteiger partial charge in [0.25, 0.3) is 0 Å². The number of amides is 1. The summed E-state index contributed by atoms with van der Waals surface area (Å²) >= 11 is 0. The van der Waals surface area contributed by atoms with Gasteiger partial charge in [0, 0.05) is 12.6 Å². The lowest BCUT2D eigenvalue weighted by atomic mass is 10.0. The second kappa shape index (κ2) is 7.59. The molecule has 2 aromatic carbocycles. The van der Waals surface area contributed by atoms with Crippen LogP contribution in [0.2, 0.25) is 0 Å². The van der Waals surface area contributed by atoms with Crippen molar-refractivity contribution in [3.8, 4) is 0 Å². The minimum Gasteiger partial charge on any atom is -0.467 e. The van der Waals surface area contributed by atoms with Gasteiger partial charge < -0.3 is 15.4 Å². The van der Waals surface area contributed by atoms with Crippen LogP contribution in [0.25, 0.3) is 0 Å². The van der Waals surface area contributed by atoms with Gasteiger partial charge in [-0.3, -0.25) is 4.79 Å². The smallest absolute Gasteiger partial charge is 0.332 e. The number of hydrogen-bond donors (Lipinski definition) is 2. The van der Waals surface area contributed by atoms with Crippen molar-refractivity contribution in [2.24, 2.45) is 0 Å². The molecule has 1 atom stereocenters. The molecular formula is C18H19FN2O3. The third kappa shape index (κ3) is 4.10. The number of carbonyl (C=O) groups excluding carboxylic acids is 2. The van der Waals surface area contributed by atoms with Gasteiger partial charge in [-0.25, -0.2) is 9.18 Å². The molecule has 0 bridgehead atoms. The third-order valence-electron chi connectivity index (χ3n) is 3.52. The SMILES string of the molecule is COC(=O)[C@@H](Nc1ccc(F)c(NC(C)=O)c1)c1ccccc1C. The molecule has 2 rings (SSSR count). The van der Waals surface area contributed by atoms with E-state index in [4.69, 9.17) is 4.74 Å². The number of rotatable bonds is 5. The molecule has 24 heavy (non-hydrogen) atoms. The van der Waals surface area contributed by atoms with Gasteiger partial charge in [-0.15, -0.1) is 0 Å². The van der Waals surface area contributed by atoms with Crippen LogP contribution in [0.5, 0.6) is 0 Å². The van der Waals surface area contributed by atoms with Crippen LogP contribution in [0.4, 0.5) is 15.8 Å². The number of esters is 1. The van der Waals surface area contributed by atoms with Crippen LogP contribution in [0, 0.1) is 12.7 Å². The molecule has 2 aromatic rings. The highest BCUT2D eigenvalue weighted by Crippen LogP contribution is 2.26. The van der Waals surface area contributed by atoms with E-state index in [1.807, 2.05) is 31.2 Å². The first-order chi connectivity index (χ1) is 11.4. The average molecular weight is 330 g/mol. The van der Waals surface area contributed by atoms with Crippen molar-refractivity contribution in [1.29, 1.82) is 0 Å². The lowest BCUT2D eigenvalue weighted by Crippen LogP contribution is -2.23. The Bertz CT molecular complexity index is 762. The topological polar surface area (TPSA) is 67.4 Å². The number of ether oxygens (including phenoxy) is 1. The first-order valence-electron chi connectivity index (χ1n) is 7.39. The minimum atomic E-state index is -0.744. The number of hydrogen-bond acceptors (Lipinski definition) is 4. The molecule has 0 saturated heterocycles. The largest absolute Gasteiger partial charge is 0.467 e. The molecule has 2 N–H and O–H groups in total. The summed E-state index contributed by atoms with van der Waals surface area (Å²) in [6, 6.07) is 10.8.